The van der Waals surface area contributed by atoms with Crippen LogP contribution in [0.25, 0.3) is 11.8 Å². The van der Waals surface area contributed by atoms with Crippen LogP contribution >= 0.6 is 0 Å². The van der Waals surface area contributed by atoms with Crippen molar-refractivity contribution in [2.75, 3.05) is 7.11 Å². The summed E-state index contributed by atoms with van der Waals surface area (Å²) in [6.45, 7) is 3.32. The van der Waals surface area contributed by atoms with Gasteiger partial charge in [-0.2, -0.15) is 0 Å². The number of carboxylic acids is 1. The van der Waals surface area contributed by atoms with Crippen LogP contribution in [0, 0.1) is 36.0 Å². The van der Waals surface area contributed by atoms with E-state index in [0.29, 0.717) is 23.7 Å². The van der Waals surface area contributed by atoms with E-state index in [9.17, 15) is 4.79 Å². The third kappa shape index (κ3) is 11.0. The van der Waals surface area contributed by atoms with Gasteiger partial charge in [-0.15, -0.1) is 6.42 Å². The molecule has 200 valence electrons. The van der Waals surface area contributed by atoms with Crippen LogP contribution in [-0.4, -0.2) is 24.2 Å². The number of cyclic esters (lactones) is 1. The average molecular weight is 526 g/mol. The van der Waals surface area contributed by atoms with Gasteiger partial charge >= 0.3 is 5.97 Å². The van der Waals surface area contributed by atoms with Gasteiger partial charge in [0.15, 0.2) is 0 Å². The van der Waals surface area contributed by atoms with Crippen LogP contribution in [0.3, 0.4) is 0 Å². The maximum Gasteiger partial charge on any atom is 0.344 e. The van der Waals surface area contributed by atoms with Crippen molar-refractivity contribution in [3.8, 4) is 47.5 Å². The van der Waals surface area contributed by atoms with Gasteiger partial charge in [0.1, 0.15) is 23.9 Å². The molecule has 4 rings (SSSR count). The molecule has 0 saturated heterocycles. The lowest BCUT2D eigenvalue weighted by Gasteiger charge is -2.06. The fourth-order valence-corrected chi connectivity index (χ4v) is 3.03. The van der Waals surface area contributed by atoms with Crippen molar-refractivity contribution in [3.05, 3.63) is 95.1 Å². The van der Waals surface area contributed by atoms with E-state index in [0.717, 1.165) is 29.4 Å². The zero-order valence-electron chi connectivity index (χ0n) is 22.0. The van der Waals surface area contributed by atoms with Crippen molar-refractivity contribution in [2.45, 2.75) is 20.5 Å². The van der Waals surface area contributed by atoms with Crippen molar-refractivity contribution >= 4 is 23.8 Å². The summed E-state index contributed by atoms with van der Waals surface area (Å²) in [6.07, 6.45) is 6.62. The summed E-state index contributed by atoms with van der Waals surface area (Å²) in [4.78, 5) is 21.1. The Balaban J connectivity index is 0.00000100. The van der Waals surface area contributed by atoms with Crippen molar-refractivity contribution in [3.63, 3.8) is 0 Å². The van der Waals surface area contributed by atoms with E-state index >= 15 is 0 Å². The Kier molecular flexibility index (Phi) is 13.9. The molecule has 39 heavy (non-hydrogen) atoms. The Morgan fingerprint density at radius 1 is 1.00 bits per heavy atom. The van der Waals surface area contributed by atoms with E-state index in [1.807, 2.05) is 72.8 Å². The molecule has 0 aliphatic carbocycles. The number of rotatable bonds is 5. The number of hydrogen-bond acceptors (Lipinski definition) is 6. The summed E-state index contributed by atoms with van der Waals surface area (Å²) in [5, 5.41) is 7.42. The first-order valence-electron chi connectivity index (χ1n) is 11.3. The number of aliphatic carboxylic acids is 1. The lowest BCUT2D eigenvalue weighted by atomic mass is 10.1. The maximum absolute atomic E-state index is 12.1. The Labute approximate surface area is 230 Å². The third-order valence-corrected chi connectivity index (χ3v) is 4.66. The highest BCUT2D eigenvalue weighted by molar-refractivity contribution is 6.06. The molecule has 4 N–H and O–H groups in total. The van der Waals surface area contributed by atoms with Crippen LogP contribution in [0.1, 0.15) is 42.3 Å². The lowest BCUT2D eigenvalue weighted by molar-refractivity contribution is -0.134. The lowest BCUT2D eigenvalue weighted by Crippen LogP contribution is -1.94. The number of methoxy groups -OCH3 is 1. The van der Waals surface area contributed by atoms with Crippen molar-refractivity contribution in [1.82, 2.24) is 6.15 Å². The zero-order chi connectivity index (χ0) is 27.8. The highest BCUT2D eigenvalue weighted by atomic mass is 16.5. The first-order valence-corrected chi connectivity index (χ1v) is 11.3. The number of carbonyl (C=O) groups excluding carboxylic acids is 1. The van der Waals surface area contributed by atoms with Crippen molar-refractivity contribution < 1.29 is 30.3 Å². The van der Waals surface area contributed by atoms with E-state index < -0.39 is 5.97 Å². The van der Waals surface area contributed by atoms with Gasteiger partial charge in [0.25, 0.3) is 5.97 Å². The summed E-state index contributed by atoms with van der Waals surface area (Å²) in [5.74, 6) is 12.8. The predicted octanol–water partition coefficient (Wildman–Crippen LogP) is 6.09. The summed E-state index contributed by atoms with van der Waals surface area (Å²) in [7, 11) is 1.57. The highest BCUT2D eigenvalue weighted by Crippen LogP contribution is 2.33. The number of benzene rings is 3. The van der Waals surface area contributed by atoms with Crippen molar-refractivity contribution in [1.29, 1.82) is 0 Å². The molecule has 0 bridgehead atoms. The molecular weight excluding hydrogens is 494 g/mol. The fraction of sp³-hybridized carbons (Fsp3) is 0.125. The number of terminal acetylenes is 1. The van der Waals surface area contributed by atoms with E-state index in [1.54, 1.807) is 20.1 Å². The van der Waals surface area contributed by atoms with E-state index in [4.69, 9.17) is 30.5 Å². The molecule has 1 aliphatic heterocycles. The molecule has 3 aromatic carbocycles. The molecule has 0 atom stereocenters. The zero-order valence-corrected chi connectivity index (χ0v) is 22.0. The minimum atomic E-state index is -0.833. The summed E-state index contributed by atoms with van der Waals surface area (Å²) >= 11 is 0. The van der Waals surface area contributed by atoms with Gasteiger partial charge in [-0.1, -0.05) is 48.4 Å². The molecule has 0 spiro atoms. The van der Waals surface area contributed by atoms with Crippen LogP contribution < -0.4 is 15.6 Å². The molecule has 7 nitrogen and oxygen atoms in total. The monoisotopic (exact) mass is 525 g/mol. The van der Waals surface area contributed by atoms with Gasteiger partial charge < -0.3 is 25.5 Å². The number of carboxylic acid groups (broad SMARTS) is 1. The van der Waals surface area contributed by atoms with Crippen LogP contribution in [0.5, 0.6) is 11.5 Å². The number of ether oxygens (including phenoxy) is 3. The molecule has 3 aromatic rings. The number of carbonyl (C=O) groups is 2. The standard InChI is InChI=1S/C23H18O4.C7H4.C2H4O2.H3N.H2/c1-25-19-11-12-20-21(14-19)23(24)27-22(20)13-16-7-9-18(10-8-16)26-15-17-5-3-2-4-6-17;1-3-5-7-6-4-2;1-2(3)4;;/h2-14H,15H2,1H3;1H,2H3;1H3,(H,3,4);1H3;1H. The third-order valence-electron chi connectivity index (χ3n) is 4.66. The molecule has 0 fully saturated rings. The minimum absolute atomic E-state index is 0. The first-order chi connectivity index (χ1) is 18.4. The van der Waals surface area contributed by atoms with E-state index in [1.165, 1.54) is 0 Å². The Morgan fingerprint density at radius 3 is 2.23 bits per heavy atom. The molecule has 1 aliphatic rings. The topological polar surface area (TPSA) is 117 Å². The van der Waals surface area contributed by atoms with Crippen LogP contribution in [0.15, 0.2) is 72.8 Å². The smallest absolute Gasteiger partial charge is 0.344 e. The quantitative estimate of drug-likeness (QED) is 0.306. The highest BCUT2D eigenvalue weighted by Gasteiger charge is 2.26. The number of esters is 1. The molecule has 0 amide bonds. The second kappa shape index (κ2) is 17.1. The van der Waals surface area contributed by atoms with E-state index in [-0.39, 0.29) is 13.5 Å². The Bertz CT molecular complexity index is 1450. The van der Waals surface area contributed by atoms with Gasteiger partial charge in [-0.05, 0) is 78.1 Å². The largest absolute Gasteiger partial charge is 0.497 e. The van der Waals surface area contributed by atoms with Crippen LogP contribution in [0.4, 0.5) is 0 Å². The molecule has 0 radical (unpaired) electrons. The summed E-state index contributed by atoms with van der Waals surface area (Å²) in [5.41, 5.74) is 3.33. The van der Waals surface area contributed by atoms with E-state index in [2.05, 4.69) is 29.6 Å². The van der Waals surface area contributed by atoms with Gasteiger partial charge in [0, 0.05) is 13.9 Å². The SMILES string of the molecule is C#CC#CC#CC.CC(=O)O.COc1ccc2c(c1)C(=O)OC2=Cc1ccc(OCc2ccccc2)cc1.N.[HH]. The number of fused-ring (bicyclic) bond motifs is 1. The van der Waals surface area contributed by atoms with Crippen LogP contribution in [0.2, 0.25) is 0 Å². The Morgan fingerprint density at radius 2 is 1.64 bits per heavy atom. The van der Waals surface area contributed by atoms with Gasteiger partial charge in [-0.3, -0.25) is 4.79 Å². The first kappa shape index (κ1) is 31.6. The number of hydrogen-bond donors (Lipinski definition) is 2. The Hall–Kier alpha value is -5.42. The molecule has 0 aromatic heterocycles. The summed E-state index contributed by atoms with van der Waals surface area (Å²) in [6, 6.07) is 23.0. The average Bonchev–Trinajstić information content (AvgIpc) is 3.23. The normalized spacial score (nSPS) is 10.9. The molecule has 0 saturated carbocycles. The predicted molar refractivity (Wildman–Crippen MR) is 154 cm³/mol. The molecule has 0 unspecified atom stereocenters. The van der Waals surface area contributed by atoms with Crippen LogP contribution in [-0.2, 0) is 16.1 Å². The maximum atomic E-state index is 12.1. The summed E-state index contributed by atoms with van der Waals surface area (Å²) < 4.78 is 16.4. The second-order valence-corrected chi connectivity index (χ2v) is 7.44. The fourth-order valence-electron chi connectivity index (χ4n) is 3.03. The second-order valence-electron chi connectivity index (χ2n) is 7.44. The van der Waals surface area contributed by atoms with Gasteiger partial charge in [0.2, 0.25) is 0 Å². The molecule has 7 heteroatoms. The minimum Gasteiger partial charge on any atom is -0.497 e. The molecule has 1 heterocycles. The van der Waals surface area contributed by atoms with Crippen molar-refractivity contribution in [2.24, 2.45) is 0 Å². The van der Waals surface area contributed by atoms with Gasteiger partial charge in [-0.25, -0.2) is 4.79 Å². The molecular formula is C32H31NO6. The van der Waals surface area contributed by atoms with Gasteiger partial charge in [0.05, 0.1) is 12.7 Å².